The highest BCUT2D eigenvalue weighted by molar-refractivity contribution is 6.02. The molecule has 1 fully saturated rings. The van der Waals surface area contributed by atoms with Crippen molar-refractivity contribution >= 4 is 22.4 Å². The van der Waals surface area contributed by atoms with Crippen molar-refractivity contribution in [2.45, 2.75) is 59.9 Å². The van der Waals surface area contributed by atoms with Gasteiger partial charge >= 0.3 is 0 Å². The number of aryl methyl sites for hydroxylation is 3. The fourth-order valence-electron chi connectivity index (χ4n) is 4.97. The minimum atomic E-state index is 0.0799. The number of nitrogens with zero attached hydrogens (tertiary/aromatic N) is 1. The van der Waals surface area contributed by atoms with Crippen LogP contribution in [0.2, 0.25) is 0 Å². The van der Waals surface area contributed by atoms with Crippen LogP contribution in [0.3, 0.4) is 0 Å². The minimum absolute atomic E-state index is 0.0799. The maximum absolute atomic E-state index is 13.0. The molecule has 0 saturated carbocycles. The third-order valence-electron chi connectivity index (χ3n) is 6.77. The van der Waals surface area contributed by atoms with Crippen LogP contribution in [0.25, 0.3) is 27.7 Å². The van der Waals surface area contributed by atoms with Crippen LogP contribution in [-0.2, 0) is 4.79 Å². The Kier molecular flexibility index (Phi) is 6.14. The molecule has 32 heavy (non-hydrogen) atoms. The molecule has 2 heterocycles. The van der Waals surface area contributed by atoms with E-state index in [0.717, 1.165) is 63.9 Å². The number of carbonyl (C=O) groups excluding carboxylic acids is 1. The van der Waals surface area contributed by atoms with Crippen molar-refractivity contribution in [1.82, 2.24) is 4.90 Å². The lowest BCUT2D eigenvalue weighted by Gasteiger charge is -2.32. The number of methoxy groups -OCH3 is 1. The number of benzene rings is 2. The van der Waals surface area contributed by atoms with Gasteiger partial charge in [0.25, 0.3) is 0 Å². The summed E-state index contributed by atoms with van der Waals surface area (Å²) in [5.41, 5.74) is 8.28. The second-order valence-electron chi connectivity index (χ2n) is 9.13. The first-order valence-electron chi connectivity index (χ1n) is 11.5. The van der Waals surface area contributed by atoms with Gasteiger partial charge in [-0.25, -0.2) is 0 Å². The van der Waals surface area contributed by atoms with Crippen LogP contribution in [-0.4, -0.2) is 30.5 Å². The lowest BCUT2D eigenvalue weighted by Crippen LogP contribution is -2.41. The third-order valence-corrected chi connectivity index (χ3v) is 6.77. The van der Waals surface area contributed by atoms with E-state index in [-0.39, 0.29) is 11.9 Å². The number of fused-ring (bicyclic) bond motifs is 1. The highest BCUT2D eigenvalue weighted by Crippen LogP contribution is 2.41. The van der Waals surface area contributed by atoms with Crippen molar-refractivity contribution in [3.63, 3.8) is 0 Å². The zero-order valence-corrected chi connectivity index (χ0v) is 20.0. The maximum atomic E-state index is 13.0. The predicted octanol–water partition coefficient (Wildman–Crippen LogP) is 6.84. The number of amides is 1. The topological polar surface area (TPSA) is 42.7 Å². The van der Waals surface area contributed by atoms with E-state index in [1.165, 1.54) is 17.5 Å². The minimum Gasteiger partial charge on any atom is -0.496 e. The molecule has 4 nitrogen and oxygen atoms in total. The summed E-state index contributed by atoms with van der Waals surface area (Å²) >= 11 is 0. The lowest BCUT2D eigenvalue weighted by molar-refractivity contribution is -0.129. The van der Waals surface area contributed by atoms with Gasteiger partial charge < -0.3 is 14.1 Å². The molecule has 0 spiro atoms. The van der Waals surface area contributed by atoms with Gasteiger partial charge in [-0.05, 0) is 76.6 Å². The third kappa shape index (κ3) is 3.94. The van der Waals surface area contributed by atoms with E-state index in [1.54, 1.807) is 13.2 Å². The van der Waals surface area contributed by atoms with Gasteiger partial charge in [-0.1, -0.05) is 23.8 Å². The molecule has 1 aliphatic rings. The molecule has 1 amide bonds. The second kappa shape index (κ2) is 8.85. The van der Waals surface area contributed by atoms with E-state index in [2.05, 4.69) is 45.0 Å². The number of furan rings is 1. The molecule has 1 unspecified atom stereocenters. The summed E-state index contributed by atoms with van der Waals surface area (Å²) in [7, 11) is 1.67. The first-order valence-corrected chi connectivity index (χ1v) is 11.5. The fourth-order valence-corrected chi connectivity index (χ4v) is 4.97. The zero-order chi connectivity index (χ0) is 23.0. The van der Waals surface area contributed by atoms with E-state index < -0.39 is 0 Å². The van der Waals surface area contributed by atoms with Crippen molar-refractivity contribution in [2.75, 3.05) is 13.7 Å². The van der Waals surface area contributed by atoms with Gasteiger partial charge in [0, 0.05) is 40.7 Å². The van der Waals surface area contributed by atoms with Crippen LogP contribution in [0.15, 0.2) is 41.0 Å². The molecule has 168 valence electrons. The van der Waals surface area contributed by atoms with E-state index in [0.29, 0.717) is 0 Å². The summed E-state index contributed by atoms with van der Waals surface area (Å²) in [6.45, 7) is 11.2. The number of likely N-dealkylation sites (tertiary alicyclic amines) is 1. The van der Waals surface area contributed by atoms with Crippen molar-refractivity contribution < 1.29 is 13.9 Å². The maximum Gasteiger partial charge on any atom is 0.247 e. The van der Waals surface area contributed by atoms with Crippen molar-refractivity contribution in [3.05, 3.63) is 58.9 Å². The molecular formula is C28H33NO3. The zero-order valence-electron chi connectivity index (χ0n) is 20.0. The molecule has 0 aliphatic carbocycles. The molecule has 1 aromatic heterocycles. The number of ether oxygens (including phenoxy) is 1. The molecular weight excluding hydrogens is 398 g/mol. The Hall–Kier alpha value is -3.01. The Balaban J connectivity index is 1.82. The molecule has 0 bridgehead atoms. The Labute approximate surface area is 190 Å². The normalized spacial score (nSPS) is 17.1. The number of rotatable bonds is 4. The predicted molar refractivity (Wildman–Crippen MR) is 131 cm³/mol. The molecule has 0 radical (unpaired) electrons. The summed E-state index contributed by atoms with van der Waals surface area (Å²) in [5, 5.41) is 1.04. The van der Waals surface area contributed by atoms with Crippen LogP contribution < -0.4 is 4.74 Å². The molecule has 2 aromatic carbocycles. The summed E-state index contributed by atoms with van der Waals surface area (Å²) in [5.74, 6) is 0.837. The van der Waals surface area contributed by atoms with E-state index in [1.807, 2.05) is 25.0 Å². The largest absolute Gasteiger partial charge is 0.496 e. The van der Waals surface area contributed by atoms with Crippen molar-refractivity contribution in [1.29, 1.82) is 0 Å². The number of hydrogen-bond donors (Lipinski definition) is 0. The second-order valence-corrected chi connectivity index (χ2v) is 9.13. The van der Waals surface area contributed by atoms with Crippen LogP contribution in [0.1, 0.15) is 55.4 Å². The Morgan fingerprint density at radius 2 is 1.94 bits per heavy atom. The number of carbonyl (C=O) groups is 1. The Morgan fingerprint density at radius 1 is 1.16 bits per heavy atom. The molecule has 4 rings (SSSR count). The average Bonchev–Trinajstić information content (AvgIpc) is 3.18. The van der Waals surface area contributed by atoms with E-state index in [4.69, 9.17) is 9.15 Å². The smallest absolute Gasteiger partial charge is 0.247 e. The van der Waals surface area contributed by atoms with Gasteiger partial charge in [-0.15, -0.1) is 0 Å². The quantitative estimate of drug-likeness (QED) is 0.425. The summed E-state index contributed by atoms with van der Waals surface area (Å²) < 4.78 is 11.8. The van der Waals surface area contributed by atoms with Gasteiger partial charge in [-0.3, -0.25) is 4.79 Å². The Bertz CT molecular complexity index is 1200. The lowest BCUT2D eigenvalue weighted by atomic mass is 9.94. The first-order chi connectivity index (χ1) is 15.3. The summed E-state index contributed by atoms with van der Waals surface area (Å²) in [6, 6.07) is 8.87. The van der Waals surface area contributed by atoms with Crippen LogP contribution in [0.4, 0.5) is 0 Å². The summed E-state index contributed by atoms with van der Waals surface area (Å²) in [4.78, 5) is 15.0. The van der Waals surface area contributed by atoms with Crippen LogP contribution in [0, 0.1) is 20.8 Å². The highest BCUT2D eigenvalue weighted by atomic mass is 16.5. The van der Waals surface area contributed by atoms with Crippen molar-refractivity contribution in [3.8, 4) is 16.9 Å². The summed E-state index contributed by atoms with van der Waals surface area (Å²) in [6.07, 6.45) is 6.94. The van der Waals surface area contributed by atoms with Crippen molar-refractivity contribution in [2.24, 2.45) is 0 Å². The average molecular weight is 432 g/mol. The number of piperidine rings is 1. The van der Waals surface area contributed by atoms with Crippen LogP contribution >= 0.6 is 0 Å². The fraction of sp³-hybridized carbons (Fsp3) is 0.393. The number of hydrogen-bond acceptors (Lipinski definition) is 3. The van der Waals surface area contributed by atoms with Gasteiger partial charge in [-0.2, -0.15) is 0 Å². The van der Waals surface area contributed by atoms with E-state index >= 15 is 0 Å². The van der Waals surface area contributed by atoms with Crippen LogP contribution in [0.5, 0.6) is 5.75 Å². The molecule has 1 aliphatic heterocycles. The molecule has 4 heteroatoms. The highest BCUT2D eigenvalue weighted by Gasteiger charge is 2.23. The standard InChI is InChI=1S/C28H33NO3/c1-17-10-11-22(18(2)13-17)25-16-32-28-21(5)27(31-6)23(15-24(25)28)19(3)14-26(30)29-12-8-7-9-20(29)4/h10-11,13-16,20H,7-9,12H2,1-6H3/b19-14+. The van der Waals surface area contributed by atoms with Gasteiger partial charge in [0.1, 0.15) is 11.3 Å². The Morgan fingerprint density at radius 3 is 2.62 bits per heavy atom. The molecule has 3 aromatic rings. The van der Waals surface area contributed by atoms with Gasteiger partial charge in [0.15, 0.2) is 0 Å². The van der Waals surface area contributed by atoms with Gasteiger partial charge in [0.2, 0.25) is 5.91 Å². The monoisotopic (exact) mass is 431 g/mol. The molecule has 1 saturated heterocycles. The van der Waals surface area contributed by atoms with E-state index in [9.17, 15) is 4.79 Å². The molecule has 1 atom stereocenters. The SMILES string of the molecule is COc1c(/C(C)=C/C(=O)N2CCCCC2C)cc2c(-c3ccc(C)cc3C)coc2c1C. The van der Waals surface area contributed by atoms with Gasteiger partial charge in [0.05, 0.1) is 13.4 Å². The molecule has 0 N–H and O–H groups in total. The number of allylic oxidation sites excluding steroid dienone is 1. The first kappa shape index (κ1) is 22.2.